The van der Waals surface area contributed by atoms with Gasteiger partial charge < -0.3 is 10.5 Å². The Labute approximate surface area is 98.4 Å². The van der Waals surface area contributed by atoms with E-state index in [0.717, 1.165) is 22.4 Å². The Morgan fingerprint density at radius 2 is 2.07 bits per heavy atom. The van der Waals surface area contributed by atoms with E-state index < -0.39 is 0 Å². The SMILES string of the molecule is CCOCCc1nc(N)c(Br)c(CC)n1. The summed E-state index contributed by atoms with van der Waals surface area (Å²) < 4.78 is 6.06. The van der Waals surface area contributed by atoms with Crippen molar-refractivity contribution in [1.82, 2.24) is 9.97 Å². The first kappa shape index (κ1) is 12.4. The van der Waals surface area contributed by atoms with Crippen LogP contribution in [0.5, 0.6) is 0 Å². The van der Waals surface area contributed by atoms with E-state index in [1.165, 1.54) is 0 Å². The molecule has 5 heteroatoms. The van der Waals surface area contributed by atoms with Gasteiger partial charge in [-0.3, -0.25) is 0 Å². The van der Waals surface area contributed by atoms with E-state index in [2.05, 4.69) is 25.9 Å². The van der Waals surface area contributed by atoms with E-state index in [-0.39, 0.29) is 0 Å². The van der Waals surface area contributed by atoms with Crippen molar-refractivity contribution in [2.45, 2.75) is 26.7 Å². The fraction of sp³-hybridized carbons (Fsp3) is 0.600. The summed E-state index contributed by atoms with van der Waals surface area (Å²) in [5.41, 5.74) is 6.72. The molecule has 84 valence electrons. The zero-order chi connectivity index (χ0) is 11.3. The number of hydrogen-bond acceptors (Lipinski definition) is 4. The van der Waals surface area contributed by atoms with Gasteiger partial charge in [-0.15, -0.1) is 0 Å². The van der Waals surface area contributed by atoms with Crippen molar-refractivity contribution in [3.05, 3.63) is 16.0 Å². The van der Waals surface area contributed by atoms with Gasteiger partial charge in [-0.2, -0.15) is 0 Å². The average molecular weight is 274 g/mol. The Kier molecular flexibility index (Phi) is 4.98. The molecule has 1 rings (SSSR count). The Balaban J connectivity index is 2.77. The summed E-state index contributed by atoms with van der Waals surface area (Å²) in [4.78, 5) is 8.60. The second-order valence-corrected chi connectivity index (χ2v) is 3.88. The molecular formula is C10H16BrN3O. The van der Waals surface area contributed by atoms with Gasteiger partial charge in [0.2, 0.25) is 0 Å². The molecule has 0 aliphatic carbocycles. The van der Waals surface area contributed by atoms with Crippen LogP contribution < -0.4 is 5.73 Å². The van der Waals surface area contributed by atoms with Crippen LogP contribution in [0, 0.1) is 0 Å². The number of ether oxygens (including phenoxy) is 1. The predicted octanol–water partition coefficient (Wildman–Crippen LogP) is 1.96. The molecule has 0 aromatic carbocycles. The number of anilines is 1. The summed E-state index contributed by atoms with van der Waals surface area (Å²) in [7, 11) is 0. The molecule has 0 saturated carbocycles. The van der Waals surface area contributed by atoms with E-state index >= 15 is 0 Å². The van der Waals surface area contributed by atoms with Crippen molar-refractivity contribution in [2.24, 2.45) is 0 Å². The Bertz CT molecular complexity index is 331. The standard InChI is InChI=1S/C10H16BrN3O/c1-3-7-9(11)10(12)14-8(13-7)5-6-15-4-2/h3-6H2,1-2H3,(H2,12,13,14). The molecule has 0 spiro atoms. The Morgan fingerprint density at radius 1 is 1.33 bits per heavy atom. The van der Waals surface area contributed by atoms with Gasteiger partial charge in [0, 0.05) is 13.0 Å². The normalized spacial score (nSPS) is 10.6. The summed E-state index contributed by atoms with van der Waals surface area (Å²) >= 11 is 3.38. The molecule has 4 nitrogen and oxygen atoms in total. The van der Waals surface area contributed by atoms with Gasteiger partial charge in [-0.05, 0) is 29.3 Å². The highest BCUT2D eigenvalue weighted by Gasteiger charge is 2.08. The predicted molar refractivity (Wildman–Crippen MR) is 63.7 cm³/mol. The van der Waals surface area contributed by atoms with E-state index in [4.69, 9.17) is 10.5 Å². The third kappa shape index (κ3) is 3.43. The summed E-state index contributed by atoms with van der Waals surface area (Å²) in [6, 6.07) is 0. The lowest BCUT2D eigenvalue weighted by Gasteiger charge is -2.07. The molecule has 0 unspecified atom stereocenters. The molecule has 0 radical (unpaired) electrons. The number of nitrogen functional groups attached to an aromatic ring is 1. The molecule has 1 aromatic rings. The highest BCUT2D eigenvalue weighted by Crippen LogP contribution is 2.21. The van der Waals surface area contributed by atoms with Crippen LogP contribution in [0.3, 0.4) is 0 Å². The van der Waals surface area contributed by atoms with Crippen LogP contribution in [0.4, 0.5) is 5.82 Å². The average Bonchev–Trinajstić information content (AvgIpc) is 2.23. The lowest BCUT2D eigenvalue weighted by atomic mass is 10.3. The minimum absolute atomic E-state index is 0.508. The number of nitrogens with two attached hydrogens (primary N) is 1. The third-order valence-electron chi connectivity index (χ3n) is 2.00. The van der Waals surface area contributed by atoms with E-state index in [9.17, 15) is 0 Å². The molecule has 0 fully saturated rings. The van der Waals surface area contributed by atoms with Gasteiger partial charge in [-0.25, -0.2) is 9.97 Å². The Morgan fingerprint density at radius 3 is 2.67 bits per heavy atom. The van der Waals surface area contributed by atoms with Crippen molar-refractivity contribution in [3.63, 3.8) is 0 Å². The Hall–Kier alpha value is -0.680. The second-order valence-electron chi connectivity index (χ2n) is 3.09. The highest BCUT2D eigenvalue weighted by molar-refractivity contribution is 9.10. The van der Waals surface area contributed by atoms with Crippen LogP contribution in [0.15, 0.2) is 4.47 Å². The van der Waals surface area contributed by atoms with Gasteiger partial charge in [0.1, 0.15) is 11.6 Å². The largest absolute Gasteiger partial charge is 0.383 e. The molecular weight excluding hydrogens is 258 g/mol. The zero-order valence-corrected chi connectivity index (χ0v) is 10.7. The molecule has 0 amide bonds. The number of halogens is 1. The zero-order valence-electron chi connectivity index (χ0n) is 9.09. The van der Waals surface area contributed by atoms with E-state index in [1.807, 2.05) is 13.8 Å². The fourth-order valence-electron chi connectivity index (χ4n) is 1.22. The maximum Gasteiger partial charge on any atom is 0.141 e. The van der Waals surface area contributed by atoms with Crippen LogP contribution in [-0.2, 0) is 17.6 Å². The van der Waals surface area contributed by atoms with E-state index in [1.54, 1.807) is 0 Å². The van der Waals surface area contributed by atoms with Gasteiger partial charge in [0.15, 0.2) is 0 Å². The molecule has 1 heterocycles. The number of aryl methyl sites for hydroxylation is 1. The molecule has 0 atom stereocenters. The first-order valence-corrected chi connectivity index (χ1v) is 5.86. The quantitative estimate of drug-likeness (QED) is 0.834. The number of rotatable bonds is 5. The summed E-state index contributed by atoms with van der Waals surface area (Å²) in [5, 5.41) is 0. The second kappa shape index (κ2) is 6.02. The van der Waals surface area contributed by atoms with Gasteiger partial charge in [0.05, 0.1) is 16.8 Å². The summed E-state index contributed by atoms with van der Waals surface area (Å²) in [5.74, 6) is 1.26. The lowest BCUT2D eigenvalue weighted by Crippen LogP contribution is -2.08. The minimum Gasteiger partial charge on any atom is -0.383 e. The monoisotopic (exact) mass is 273 g/mol. The van der Waals surface area contributed by atoms with Crippen LogP contribution in [0.1, 0.15) is 25.4 Å². The molecule has 0 aliphatic heterocycles. The van der Waals surface area contributed by atoms with Crippen LogP contribution in [-0.4, -0.2) is 23.2 Å². The summed E-state index contributed by atoms with van der Waals surface area (Å²) in [6.07, 6.45) is 1.55. The van der Waals surface area contributed by atoms with Crippen molar-refractivity contribution in [1.29, 1.82) is 0 Å². The number of hydrogen-bond donors (Lipinski definition) is 1. The highest BCUT2D eigenvalue weighted by atomic mass is 79.9. The van der Waals surface area contributed by atoms with E-state index in [0.29, 0.717) is 25.5 Å². The van der Waals surface area contributed by atoms with Crippen LogP contribution >= 0.6 is 15.9 Å². The van der Waals surface area contributed by atoms with Crippen molar-refractivity contribution in [2.75, 3.05) is 18.9 Å². The van der Waals surface area contributed by atoms with Crippen LogP contribution in [0.2, 0.25) is 0 Å². The van der Waals surface area contributed by atoms with Crippen molar-refractivity contribution in [3.8, 4) is 0 Å². The fourth-order valence-corrected chi connectivity index (χ4v) is 1.68. The maximum atomic E-state index is 5.76. The first-order valence-electron chi connectivity index (χ1n) is 5.07. The lowest BCUT2D eigenvalue weighted by molar-refractivity contribution is 0.149. The van der Waals surface area contributed by atoms with Gasteiger partial charge in [0.25, 0.3) is 0 Å². The molecule has 0 bridgehead atoms. The first-order chi connectivity index (χ1) is 7.19. The topological polar surface area (TPSA) is 61.0 Å². The molecule has 0 saturated heterocycles. The number of aromatic nitrogens is 2. The van der Waals surface area contributed by atoms with Gasteiger partial charge >= 0.3 is 0 Å². The van der Waals surface area contributed by atoms with Crippen molar-refractivity contribution < 1.29 is 4.74 Å². The maximum absolute atomic E-state index is 5.76. The molecule has 1 aromatic heterocycles. The van der Waals surface area contributed by atoms with Gasteiger partial charge in [-0.1, -0.05) is 6.92 Å². The van der Waals surface area contributed by atoms with Crippen molar-refractivity contribution >= 4 is 21.7 Å². The third-order valence-corrected chi connectivity index (χ3v) is 2.86. The number of nitrogens with zero attached hydrogens (tertiary/aromatic N) is 2. The minimum atomic E-state index is 0.508. The smallest absolute Gasteiger partial charge is 0.141 e. The molecule has 2 N–H and O–H groups in total. The molecule has 15 heavy (non-hydrogen) atoms. The molecule has 0 aliphatic rings. The van der Waals surface area contributed by atoms with Crippen LogP contribution in [0.25, 0.3) is 0 Å². The summed E-state index contributed by atoms with van der Waals surface area (Å²) in [6.45, 7) is 5.36.